The largest absolute Gasteiger partial charge is 0.341 e. The van der Waals surface area contributed by atoms with Gasteiger partial charge in [-0.25, -0.2) is 0 Å². The van der Waals surface area contributed by atoms with Crippen LogP contribution in [0.2, 0.25) is 5.02 Å². The van der Waals surface area contributed by atoms with Crippen LogP contribution >= 0.6 is 11.6 Å². The Morgan fingerprint density at radius 3 is 2.43 bits per heavy atom. The predicted molar refractivity (Wildman–Crippen MR) is 91.4 cm³/mol. The molecule has 3 nitrogen and oxygen atoms in total. The number of carbonyl (C=O) groups excluding carboxylic acids is 1. The molecule has 0 bridgehead atoms. The monoisotopic (exact) mass is 322 g/mol. The van der Waals surface area contributed by atoms with Gasteiger partial charge in [0.25, 0.3) is 5.91 Å². The molecule has 0 fully saturated rings. The molecular weight excluding hydrogens is 308 g/mol. The van der Waals surface area contributed by atoms with Crippen molar-refractivity contribution in [2.75, 3.05) is 0 Å². The highest BCUT2D eigenvalue weighted by Gasteiger charge is 2.17. The van der Waals surface area contributed by atoms with Crippen molar-refractivity contribution in [3.63, 3.8) is 0 Å². The maximum Gasteiger partial charge on any atom is 0.252 e. The van der Waals surface area contributed by atoms with Gasteiger partial charge in [-0.2, -0.15) is 0 Å². The van der Waals surface area contributed by atoms with E-state index in [-0.39, 0.29) is 11.9 Å². The highest BCUT2D eigenvalue weighted by molar-refractivity contribution is 6.30. The zero-order valence-electron chi connectivity index (χ0n) is 12.3. The Bertz CT molecular complexity index is 751. The van der Waals surface area contributed by atoms with Crippen molar-refractivity contribution in [2.45, 2.75) is 6.04 Å². The van der Waals surface area contributed by atoms with Crippen LogP contribution in [0.1, 0.15) is 27.5 Å². The lowest BCUT2D eigenvalue weighted by Crippen LogP contribution is -2.29. The van der Waals surface area contributed by atoms with E-state index in [0.29, 0.717) is 10.6 Å². The van der Waals surface area contributed by atoms with E-state index in [2.05, 4.69) is 10.3 Å². The molecule has 0 saturated carbocycles. The first kappa shape index (κ1) is 15.3. The summed E-state index contributed by atoms with van der Waals surface area (Å²) in [7, 11) is 0. The molecule has 1 heterocycles. The molecule has 1 amide bonds. The molecule has 0 aliphatic rings. The Labute approximate surface area is 140 Å². The van der Waals surface area contributed by atoms with Crippen molar-refractivity contribution < 1.29 is 4.79 Å². The fourth-order valence-corrected chi connectivity index (χ4v) is 2.59. The number of aromatic nitrogens is 1. The minimum absolute atomic E-state index is 0.176. The number of hydrogen-bond donors (Lipinski definition) is 1. The summed E-state index contributed by atoms with van der Waals surface area (Å²) in [5.74, 6) is -0.176. The normalized spacial score (nSPS) is 11.7. The summed E-state index contributed by atoms with van der Waals surface area (Å²) < 4.78 is 0. The lowest BCUT2D eigenvalue weighted by Gasteiger charge is -2.19. The lowest BCUT2D eigenvalue weighted by atomic mass is 9.99. The van der Waals surface area contributed by atoms with Gasteiger partial charge < -0.3 is 5.32 Å². The molecule has 0 radical (unpaired) electrons. The lowest BCUT2D eigenvalue weighted by molar-refractivity contribution is 0.0943. The minimum atomic E-state index is -0.267. The van der Waals surface area contributed by atoms with Gasteiger partial charge in [-0.3, -0.25) is 9.78 Å². The smallest absolute Gasteiger partial charge is 0.252 e. The quantitative estimate of drug-likeness (QED) is 0.780. The number of nitrogens with zero attached hydrogens (tertiary/aromatic N) is 1. The van der Waals surface area contributed by atoms with E-state index < -0.39 is 0 Å². The molecule has 0 saturated heterocycles. The molecule has 0 aliphatic carbocycles. The molecule has 1 aromatic heterocycles. The molecule has 1 atom stereocenters. The van der Waals surface area contributed by atoms with Gasteiger partial charge in [0.2, 0.25) is 0 Å². The fraction of sp³-hybridized carbons (Fsp3) is 0.0526. The molecule has 0 spiro atoms. The highest BCUT2D eigenvalue weighted by Crippen LogP contribution is 2.22. The van der Waals surface area contributed by atoms with Crippen LogP contribution in [0.15, 0.2) is 79.1 Å². The molecule has 1 N–H and O–H groups in total. The number of rotatable bonds is 4. The van der Waals surface area contributed by atoms with Crippen LogP contribution in [-0.4, -0.2) is 10.9 Å². The molecular formula is C19H15ClN2O. The molecule has 2 aromatic carbocycles. The van der Waals surface area contributed by atoms with Gasteiger partial charge in [0, 0.05) is 23.0 Å². The number of pyridine rings is 1. The third-order valence-corrected chi connectivity index (χ3v) is 3.75. The topological polar surface area (TPSA) is 42.0 Å². The third kappa shape index (κ3) is 3.76. The second-order valence-corrected chi connectivity index (χ2v) is 5.55. The summed E-state index contributed by atoms with van der Waals surface area (Å²) in [6, 6.07) is 20.3. The standard InChI is InChI=1S/C19H15ClN2O/c20-17-10-4-8-15(12-17)19(23)22-18(14-6-2-1-3-7-14)16-9-5-11-21-13-16/h1-13,18H,(H,22,23). The fourth-order valence-electron chi connectivity index (χ4n) is 2.40. The van der Waals surface area contributed by atoms with Crippen LogP contribution in [0.3, 0.4) is 0 Å². The van der Waals surface area contributed by atoms with E-state index in [1.807, 2.05) is 42.5 Å². The molecule has 0 aliphatic heterocycles. The Balaban J connectivity index is 1.92. The van der Waals surface area contributed by atoms with E-state index >= 15 is 0 Å². The maximum absolute atomic E-state index is 12.6. The van der Waals surface area contributed by atoms with Gasteiger partial charge >= 0.3 is 0 Å². The van der Waals surface area contributed by atoms with Gasteiger partial charge in [-0.05, 0) is 35.4 Å². The van der Waals surface area contributed by atoms with Crippen molar-refractivity contribution in [3.8, 4) is 0 Å². The third-order valence-electron chi connectivity index (χ3n) is 3.51. The number of amides is 1. The van der Waals surface area contributed by atoms with Crippen LogP contribution in [0, 0.1) is 0 Å². The van der Waals surface area contributed by atoms with Crippen molar-refractivity contribution in [1.82, 2.24) is 10.3 Å². The second kappa shape index (κ2) is 7.07. The van der Waals surface area contributed by atoms with E-state index in [0.717, 1.165) is 11.1 Å². The van der Waals surface area contributed by atoms with Crippen LogP contribution in [0.4, 0.5) is 0 Å². The van der Waals surface area contributed by atoms with Gasteiger partial charge in [-0.15, -0.1) is 0 Å². The first-order chi connectivity index (χ1) is 11.2. The molecule has 4 heteroatoms. The average molecular weight is 323 g/mol. The van der Waals surface area contributed by atoms with E-state index in [4.69, 9.17) is 11.6 Å². The number of benzene rings is 2. The van der Waals surface area contributed by atoms with Gasteiger partial charge in [-0.1, -0.05) is 54.1 Å². The van der Waals surface area contributed by atoms with Crippen LogP contribution in [0.5, 0.6) is 0 Å². The summed E-state index contributed by atoms with van der Waals surface area (Å²) in [6.07, 6.45) is 3.47. The summed E-state index contributed by atoms with van der Waals surface area (Å²) in [5, 5.41) is 3.59. The van der Waals surface area contributed by atoms with E-state index in [9.17, 15) is 4.79 Å². The second-order valence-electron chi connectivity index (χ2n) is 5.11. The SMILES string of the molecule is O=C(NC(c1ccccc1)c1cccnc1)c1cccc(Cl)c1. The van der Waals surface area contributed by atoms with E-state index in [1.54, 1.807) is 36.7 Å². The minimum Gasteiger partial charge on any atom is -0.341 e. The summed E-state index contributed by atoms with van der Waals surface area (Å²) in [4.78, 5) is 16.7. The number of nitrogens with one attached hydrogen (secondary N) is 1. The van der Waals surface area contributed by atoms with Crippen LogP contribution in [-0.2, 0) is 0 Å². The summed E-state index contributed by atoms with van der Waals surface area (Å²) in [5.41, 5.74) is 2.45. The first-order valence-electron chi connectivity index (χ1n) is 7.25. The molecule has 3 aromatic rings. The molecule has 1 unspecified atom stereocenters. The van der Waals surface area contributed by atoms with Crippen molar-refractivity contribution in [3.05, 3.63) is 101 Å². The maximum atomic E-state index is 12.6. The molecule has 114 valence electrons. The number of halogens is 1. The predicted octanol–water partition coefficient (Wildman–Crippen LogP) is 4.25. The first-order valence-corrected chi connectivity index (χ1v) is 7.63. The highest BCUT2D eigenvalue weighted by atomic mass is 35.5. The zero-order valence-corrected chi connectivity index (χ0v) is 13.1. The molecule has 23 heavy (non-hydrogen) atoms. The van der Waals surface area contributed by atoms with Crippen molar-refractivity contribution in [1.29, 1.82) is 0 Å². The van der Waals surface area contributed by atoms with Gasteiger partial charge in [0.15, 0.2) is 0 Å². The zero-order chi connectivity index (χ0) is 16.1. The summed E-state index contributed by atoms with van der Waals surface area (Å²) in [6.45, 7) is 0. The Kier molecular flexibility index (Phi) is 4.69. The van der Waals surface area contributed by atoms with Crippen molar-refractivity contribution in [2.24, 2.45) is 0 Å². The number of hydrogen-bond acceptors (Lipinski definition) is 2. The summed E-state index contributed by atoms with van der Waals surface area (Å²) >= 11 is 5.97. The Morgan fingerprint density at radius 2 is 1.74 bits per heavy atom. The van der Waals surface area contributed by atoms with Crippen LogP contribution in [0.25, 0.3) is 0 Å². The Hall–Kier alpha value is -2.65. The van der Waals surface area contributed by atoms with Gasteiger partial charge in [0.1, 0.15) is 0 Å². The van der Waals surface area contributed by atoms with Gasteiger partial charge in [0.05, 0.1) is 6.04 Å². The molecule has 3 rings (SSSR count). The Morgan fingerprint density at radius 1 is 0.957 bits per heavy atom. The number of carbonyl (C=O) groups is 1. The van der Waals surface area contributed by atoms with Crippen LogP contribution < -0.4 is 5.32 Å². The van der Waals surface area contributed by atoms with E-state index in [1.165, 1.54) is 0 Å². The average Bonchev–Trinajstić information content (AvgIpc) is 2.61. The van der Waals surface area contributed by atoms with Crippen molar-refractivity contribution >= 4 is 17.5 Å².